The lowest BCUT2D eigenvalue weighted by molar-refractivity contribution is -0.160. The van der Waals surface area contributed by atoms with Crippen LogP contribution in [-0.4, -0.2) is 23.7 Å². The van der Waals surface area contributed by atoms with Crippen molar-refractivity contribution in [1.82, 2.24) is 0 Å². The van der Waals surface area contributed by atoms with Gasteiger partial charge in [-0.2, -0.15) is 0 Å². The first-order valence-electron chi connectivity index (χ1n) is 9.57. The Morgan fingerprint density at radius 3 is 2.20 bits per heavy atom. The molecule has 0 amide bonds. The van der Waals surface area contributed by atoms with Gasteiger partial charge in [0.15, 0.2) is 5.41 Å². The Morgan fingerprint density at radius 1 is 1.04 bits per heavy atom. The lowest BCUT2D eigenvalue weighted by atomic mass is 9.81. The van der Waals surface area contributed by atoms with E-state index in [1.165, 1.54) is 44.1 Å². The summed E-state index contributed by atoms with van der Waals surface area (Å²) < 4.78 is 4.90. The number of carbonyl (C=O) groups excluding carboxylic acids is 1. The molecule has 138 valence electrons. The van der Waals surface area contributed by atoms with Crippen molar-refractivity contribution in [2.24, 2.45) is 5.41 Å². The van der Waals surface area contributed by atoms with Gasteiger partial charge >= 0.3 is 11.9 Å². The Bertz CT molecular complexity index is 564. The van der Waals surface area contributed by atoms with Gasteiger partial charge in [0, 0.05) is 6.42 Å². The van der Waals surface area contributed by atoms with Crippen LogP contribution >= 0.6 is 0 Å². The van der Waals surface area contributed by atoms with Crippen LogP contribution in [0.2, 0.25) is 0 Å². The Hall–Kier alpha value is -1.84. The fourth-order valence-electron chi connectivity index (χ4n) is 3.43. The Labute approximate surface area is 150 Å². The van der Waals surface area contributed by atoms with E-state index in [0.717, 1.165) is 12.0 Å². The minimum absolute atomic E-state index is 0.211. The second-order valence-electron chi connectivity index (χ2n) is 7.11. The van der Waals surface area contributed by atoms with Crippen LogP contribution in [0.1, 0.15) is 69.4 Å². The molecule has 1 unspecified atom stereocenters. The number of benzene rings is 1. The van der Waals surface area contributed by atoms with E-state index in [0.29, 0.717) is 12.8 Å². The average Bonchev–Trinajstić information content (AvgIpc) is 2.99. The van der Waals surface area contributed by atoms with E-state index in [2.05, 4.69) is 31.2 Å². The van der Waals surface area contributed by atoms with Crippen LogP contribution in [0.25, 0.3) is 0 Å². The van der Waals surface area contributed by atoms with Gasteiger partial charge in [-0.3, -0.25) is 9.59 Å². The van der Waals surface area contributed by atoms with Gasteiger partial charge in [0.05, 0.1) is 6.61 Å². The van der Waals surface area contributed by atoms with Crippen molar-refractivity contribution >= 4 is 11.9 Å². The van der Waals surface area contributed by atoms with E-state index in [9.17, 15) is 14.7 Å². The fourth-order valence-corrected chi connectivity index (χ4v) is 3.43. The summed E-state index contributed by atoms with van der Waals surface area (Å²) in [6, 6.07) is 8.37. The van der Waals surface area contributed by atoms with Crippen molar-refractivity contribution in [3.05, 3.63) is 35.4 Å². The number of aliphatic carboxylic acids is 1. The maximum absolute atomic E-state index is 11.8. The molecule has 4 heteroatoms. The quantitative estimate of drug-likeness (QED) is 0.363. The number of hydrogen-bond acceptors (Lipinski definition) is 3. The first-order chi connectivity index (χ1) is 12.1. The summed E-state index contributed by atoms with van der Waals surface area (Å²) in [6.07, 6.45) is 10.0. The third kappa shape index (κ3) is 5.32. The van der Waals surface area contributed by atoms with E-state index in [1.807, 2.05) is 0 Å². The highest BCUT2D eigenvalue weighted by molar-refractivity contribution is 6.00. The summed E-state index contributed by atoms with van der Waals surface area (Å²) in [6.45, 7) is 2.44. The molecule has 0 bridgehead atoms. The van der Waals surface area contributed by atoms with Crippen LogP contribution in [0.3, 0.4) is 0 Å². The van der Waals surface area contributed by atoms with Crippen molar-refractivity contribution in [3.63, 3.8) is 0 Å². The van der Waals surface area contributed by atoms with Gasteiger partial charge in [0.1, 0.15) is 0 Å². The van der Waals surface area contributed by atoms with Gasteiger partial charge in [-0.1, -0.05) is 63.3 Å². The molecular weight excluding hydrogens is 316 g/mol. The molecule has 0 saturated carbocycles. The standard InChI is InChI=1S/C21H30O4/c1-2-3-4-5-6-7-8-17-9-11-18(12-10-17)13-14-21(19(22)23)15-16-25-20(21)24/h9-12H,2-8,13-16H2,1H3,(H,22,23). The van der Waals surface area contributed by atoms with Crippen LogP contribution in [0.15, 0.2) is 24.3 Å². The molecule has 0 aromatic heterocycles. The third-order valence-corrected chi connectivity index (χ3v) is 5.24. The highest BCUT2D eigenvalue weighted by Crippen LogP contribution is 2.35. The van der Waals surface area contributed by atoms with E-state index in [-0.39, 0.29) is 13.0 Å². The normalized spacial score (nSPS) is 19.8. The number of carboxylic acid groups (broad SMARTS) is 1. The average molecular weight is 346 g/mol. The maximum atomic E-state index is 11.8. The monoisotopic (exact) mass is 346 g/mol. The van der Waals surface area contributed by atoms with Crippen LogP contribution in [0.5, 0.6) is 0 Å². The smallest absolute Gasteiger partial charge is 0.323 e. The van der Waals surface area contributed by atoms with Crippen molar-refractivity contribution in [3.8, 4) is 0 Å². The van der Waals surface area contributed by atoms with Crippen LogP contribution < -0.4 is 0 Å². The molecule has 0 spiro atoms. The van der Waals surface area contributed by atoms with E-state index >= 15 is 0 Å². The summed E-state index contributed by atoms with van der Waals surface area (Å²) in [5.41, 5.74) is 1.05. The van der Waals surface area contributed by atoms with Crippen LogP contribution in [0, 0.1) is 5.41 Å². The van der Waals surface area contributed by atoms with E-state index in [4.69, 9.17) is 4.74 Å². The largest absolute Gasteiger partial charge is 0.480 e. The van der Waals surface area contributed by atoms with Crippen molar-refractivity contribution in [1.29, 1.82) is 0 Å². The topological polar surface area (TPSA) is 63.6 Å². The number of carbonyl (C=O) groups is 2. The molecular formula is C21H30O4. The molecule has 2 rings (SSSR count). The van der Waals surface area contributed by atoms with Gasteiger partial charge in [-0.25, -0.2) is 0 Å². The zero-order valence-corrected chi connectivity index (χ0v) is 15.3. The Balaban J connectivity index is 1.78. The summed E-state index contributed by atoms with van der Waals surface area (Å²) >= 11 is 0. The van der Waals surface area contributed by atoms with Gasteiger partial charge < -0.3 is 9.84 Å². The minimum Gasteiger partial charge on any atom is -0.480 e. The predicted octanol–water partition coefficient (Wildman–Crippen LogP) is 4.54. The van der Waals surface area contributed by atoms with Gasteiger partial charge in [0.2, 0.25) is 0 Å². The van der Waals surface area contributed by atoms with Gasteiger partial charge in [-0.05, 0) is 36.8 Å². The zero-order valence-electron chi connectivity index (χ0n) is 15.3. The van der Waals surface area contributed by atoms with Gasteiger partial charge in [-0.15, -0.1) is 0 Å². The Morgan fingerprint density at radius 2 is 1.64 bits per heavy atom. The van der Waals surface area contributed by atoms with E-state index < -0.39 is 17.4 Å². The molecule has 0 aliphatic carbocycles. The summed E-state index contributed by atoms with van der Waals surface area (Å²) in [5, 5.41) is 9.43. The predicted molar refractivity (Wildman–Crippen MR) is 97.5 cm³/mol. The highest BCUT2D eigenvalue weighted by Gasteiger charge is 2.51. The van der Waals surface area contributed by atoms with Gasteiger partial charge in [0.25, 0.3) is 0 Å². The molecule has 1 N–H and O–H groups in total. The first kappa shape index (κ1) is 19.5. The molecule has 1 aliphatic heterocycles. The molecule has 1 saturated heterocycles. The molecule has 1 aliphatic rings. The molecule has 0 radical (unpaired) electrons. The first-order valence-corrected chi connectivity index (χ1v) is 9.57. The lowest BCUT2D eigenvalue weighted by Gasteiger charge is -2.19. The number of ether oxygens (including phenoxy) is 1. The number of hydrogen-bond donors (Lipinski definition) is 1. The second kappa shape index (κ2) is 9.59. The fraction of sp³-hybridized carbons (Fsp3) is 0.619. The second-order valence-corrected chi connectivity index (χ2v) is 7.11. The van der Waals surface area contributed by atoms with E-state index in [1.54, 1.807) is 0 Å². The Kier molecular flexibility index (Phi) is 7.48. The van der Waals surface area contributed by atoms with Crippen LogP contribution in [-0.2, 0) is 27.2 Å². The molecule has 1 fully saturated rings. The number of carboxylic acids is 1. The number of cyclic esters (lactones) is 1. The summed E-state index contributed by atoms with van der Waals surface area (Å²) in [5.74, 6) is -1.64. The van der Waals surface area contributed by atoms with Crippen molar-refractivity contribution < 1.29 is 19.4 Å². The summed E-state index contributed by atoms with van der Waals surface area (Å²) in [4.78, 5) is 23.3. The molecule has 1 atom stereocenters. The van der Waals surface area contributed by atoms with Crippen molar-refractivity contribution in [2.45, 2.75) is 71.1 Å². The molecule has 4 nitrogen and oxygen atoms in total. The van der Waals surface area contributed by atoms with Crippen molar-refractivity contribution in [2.75, 3.05) is 6.61 Å². The number of esters is 1. The SMILES string of the molecule is CCCCCCCCc1ccc(CCC2(C(=O)O)CCOC2=O)cc1. The zero-order chi connectivity index (χ0) is 18.1. The van der Waals surface area contributed by atoms with Crippen LogP contribution in [0.4, 0.5) is 0 Å². The number of unbranched alkanes of at least 4 members (excludes halogenated alkanes) is 5. The number of aryl methyl sites for hydroxylation is 2. The number of rotatable bonds is 11. The molecule has 1 heterocycles. The molecule has 1 aromatic rings. The molecule has 1 aromatic carbocycles. The summed E-state index contributed by atoms with van der Waals surface area (Å²) in [7, 11) is 0. The highest BCUT2D eigenvalue weighted by atomic mass is 16.5. The minimum atomic E-state index is -1.35. The molecule has 25 heavy (non-hydrogen) atoms. The maximum Gasteiger partial charge on any atom is 0.323 e. The third-order valence-electron chi connectivity index (χ3n) is 5.24. The lowest BCUT2D eigenvalue weighted by Crippen LogP contribution is -2.36.